The molecule has 0 spiro atoms. The Labute approximate surface area is 105 Å². The number of hydrogen-bond donors (Lipinski definition) is 1. The van der Waals surface area contributed by atoms with Crippen LogP contribution in [0.3, 0.4) is 0 Å². The number of hydrogen-bond acceptors (Lipinski definition) is 3. The van der Waals surface area contributed by atoms with Gasteiger partial charge in [-0.1, -0.05) is 19.3 Å². The van der Waals surface area contributed by atoms with Crippen LogP contribution in [0.25, 0.3) is 0 Å². The van der Waals surface area contributed by atoms with E-state index in [0.717, 1.165) is 32.2 Å². The summed E-state index contributed by atoms with van der Waals surface area (Å²) in [6.45, 7) is 5.97. The summed E-state index contributed by atoms with van der Waals surface area (Å²) >= 11 is 0. The lowest BCUT2D eigenvalue weighted by Crippen LogP contribution is -2.33. The van der Waals surface area contributed by atoms with Crippen LogP contribution in [-0.4, -0.2) is 38.5 Å². The van der Waals surface area contributed by atoms with Crippen LogP contribution in [0, 0.1) is 5.92 Å². The number of ether oxygens (including phenoxy) is 2. The van der Waals surface area contributed by atoms with Gasteiger partial charge < -0.3 is 14.8 Å². The SMILES string of the molecule is CC(CNCC1CCCO1)OCCC1CCC1. The summed E-state index contributed by atoms with van der Waals surface area (Å²) in [6.07, 6.45) is 8.75. The van der Waals surface area contributed by atoms with E-state index in [1.807, 2.05) is 0 Å². The molecule has 0 bridgehead atoms. The average Bonchev–Trinajstić information content (AvgIpc) is 2.75. The van der Waals surface area contributed by atoms with Crippen LogP contribution in [-0.2, 0) is 9.47 Å². The highest BCUT2D eigenvalue weighted by molar-refractivity contribution is 4.70. The highest BCUT2D eigenvalue weighted by atomic mass is 16.5. The summed E-state index contributed by atoms with van der Waals surface area (Å²) in [4.78, 5) is 0. The van der Waals surface area contributed by atoms with Crippen molar-refractivity contribution in [2.45, 2.75) is 57.7 Å². The van der Waals surface area contributed by atoms with Gasteiger partial charge in [0.15, 0.2) is 0 Å². The Hall–Kier alpha value is -0.120. The maximum Gasteiger partial charge on any atom is 0.0700 e. The van der Waals surface area contributed by atoms with Crippen molar-refractivity contribution in [1.82, 2.24) is 5.32 Å². The molecule has 1 heterocycles. The molecule has 3 nitrogen and oxygen atoms in total. The Bertz CT molecular complexity index is 200. The molecule has 1 aliphatic heterocycles. The predicted molar refractivity (Wildman–Crippen MR) is 69.2 cm³/mol. The van der Waals surface area contributed by atoms with Crippen molar-refractivity contribution in [2.24, 2.45) is 5.92 Å². The Morgan fingerprint density at radius 1 is 1.29 bits per heavy atom. The standard InChI is InChI=1S/C14H27NO2/c1-12(16-9-7-13-4-2-5-13)10-15-11-14-6-3-8-17-14/h12-15H,2-11H2,1H3. The van der Waals surface area contributed by atoms with E-state index in [-0.39, 0.29) is 0 Å². The molecule has 2 aliphatic rings. The molecular weight excluding hydrogens is 214 g/mol. The molecule has 0 radical (unpaired) electrons. The fraction of sp³-hybridized carbons (Fsp3) is 1.00. The van der Waals surface area contributed by atoms with Gasteiger partial charge in [-0.15, -0.1) is 0 Å². The summed E-state index contributed by atoms with van der Waals surface area (Å²) < 4.78 is 11.4. The number of nitrogens with one attached hydrogen (secondary N) is 1. The minimum Gasteiger partial charge on any atom is -0.377 e. The molecule has 0 aromatic heterocycles. The maximum absolute atomic E-state index is 5.81. The third-order valence-electron chi connectivity index (χ3n) is 3.98. The molecule has 0 aromatic rings. The highest BCUT2D eigenvalue weighted by Crippen LogP contribution is 2.29. The molecule has 1 saturated carbocycles. The number of rotatable bonds is 8. The van der Waals surface area contributed by atoms with E-state index in [0.29, 0.717) is 12.2 Å². The van der Waals surface area contributed by atoms with Crippen LogP contribution in [0.4, 0.5) is 0 Å². The molecule has 2 atom stereocenters. The smallest absolute Gasteiger partial charge is 0.0700 e. The first-order valence-corrected chi connectivity index (χ1v) is 7.28. The largest absolute Gasteiger partial charge is 0.377 e. The van der Waals surface area contributed by atoms with Gasteiger partial charge in [0, 0.05) is 26.3 Å². The van der Waals surface area contributed by atoms with Crippen molar-refractivity contribution in [3.8, 4) is 0 Å². The van der Waals surface area contributed by atoms with Crippen LogP contribution < -0.4 is 5.32 Å². The lowest BCUT2D eigenvalue weighted by molar-refractivity contribution is 0.0454. The van der Waals surface area contributed by atoms with E-state index in [1.54, 1.807) is 0 Å². The van der Waals surface area contributed by atoms with Gasteiger partial charge in [-0.25, -0.2) is 0 Å². The molecule has 3 heteroatoms. The fourth-order valence-corrected chi connectivity index (χ4v) is 2.53. The summed E-state index contributed by atoms with van der Waals surface area (Å²) in [7, 11) is 0. The van der Waals surface area contributed by atoms with Gasteiger partial charge in [0.2, 0.25) is 0 Å². The van der Waals surface area contributed by atoms with Gasteiger partial charge in [-0.3, -0.25) is 0 Å². The average molecular weight is 241 g/mol. The van der Waals surface area contributed by atoms with Crippen molar-refractivity contribution in [1.29, 1.82) is 0 Å². The Morgan fingerprint density at radius 2 is 2.18 bits per heavy atom. The predicted octanol–water partition coefficient (Wildman–Crippen LogP) is 2.35. The monoisotopic (exact) mass is 241 g/mol. The van der Waals surface area contributed by atoms with Crippen LogP contribution in [0.1, 0.15) is 45.4 Å². The highest BCUT2D eigenvalue weighted by Gasteiger charge is 2.17. The lowest BCUT2D eigenvalue weighted by atomic mass is 9.83. The fourth-order valence-electron chi connectivity index (χ4n) is 2.53. The Morgan fingerprint density at radius 3 is 2.82 bits per heavy atom. The summed E-state index contributed by atoms with van der Waals surface area (Å²) in [6, 6.07) is 0. The molecule has 0 amide bonds. The Kier molecular flexibility index (Phi) is 5.75. The molecule has 100 valence electrons. The van der Waals surface area contributed by atoms with Crippen molar-refractivity contribution >= 4 is 0 Å². The van der Waals surface area contributed by atoms with Crippen LogP contribution in [0.5, 0.6) is 0 Å². The lowest BCUT2D eigenvalue weighted by Gasteiger charge is -2.25. The van der Waals surface area contributed by atoms with Gasteiger partial charge >= 0.3 is 0 Å². The van der Waals surface area contributed by atoms with Crippen molar-refractivity contribution in [3.05, 3.63) is 0 Å². The van der Waals surface area contributed by atoms with Crippen molar-refractivity contribution < 1.29 is 9.47 Å². The third-order valence-corrected chi connectivity index (χ3v) is 3.98. The van der Waals surface area contributed by atoms with Gasteiger partial charge in [-0.05, 0) is 32.1 Å². The van der Waals surface area contributed by atoms with Crippen molar-refractivity contribution in [3.63, 3.8) is 0 Å². The second kappa shape index (κ2) is 7.34. The summed E-state index contributed by atoms with van der Waals surface area (Å²) in [5.74, 6) is 0.960. The molecule has 2 unspecified atom stereocenters. The molecule has 2 fully saturated rings. The van der Waals surface area contributed by atoms with Crippen LogP contribution in [0.2, 0.25) is 0 Å². The van der Waals surface area contributed by atoms with E-state index in [4.69, 9.17) is 9.47 Å². The quantitative estimate of drug-likeness (QED) is 0.707. The van der Waals surface area contributed by atoms with Crippen molar-refractivity contribution in [2.75, 3.05) is 26.3 Å². The zero-order valence-corrected chi connectivity index (χ0v) is 11.1. The van der Waals surface area contributed by atoms with Gasteiger partial charge in [0.05, 0.1) is 12.2 Å². The first kappa shape index (κ1) is 13.3. The van der Waals surface area contributed by atoms with Crippen LogP contribution in [0.15, 0.2) is 0 Å². The van der Waals surface area contributed by atoms with E-state index >= 15 is 0 Å². The minimum atomic E-state index is 0.330. The molecule has 1 N–H and O–H groups in total. The molecule has 1 aliphatic carbocycles. The first-order chi connectivity index (χ1) is 8.34. The van der Waals surface area contributed by atoms with Crippen LogP contribution >= 0.6 is 0 Å². The summed E-state index contributed by atoms with van der Waals surface area (Å²) in [5.41, 5.74) is 0. The molecule has 0 aromatic carbocycles. The second-order valence-electron chi connectivity index (χ2n) is 5.56. The Balaban J connectivity index is 1.41. The molecular formula is C14H27NO2. The topological polar surface area (TPSA) is 30.5 Å². The van der Waals surface area contributed by atoms with Gasteiger partial charge in [0.1, 0.15) is 0 Å². The van der Waals surface area contributed by atoms with E-state index < -0.39 is 0 Å². The van der Waals surface area contributed by atoms with Gasteiger partial charge in [-0.2, -0.15) is 0 Å². The van der Waals surface area contributed by atoms with E-state index in [1.165, 1.54) is 38.5 Å². The molecule has 17 heavy (non-hydrogen) atoms. The molecule has 1 saturated heterocycles. The maximum atomic E-state index is 5.81. The van der Waals surface area contributed by atoms with E-state index in [2.05, 4.69) is 12.2 Å². The summed E-state index contributed by atoms with van der Waals surface area (Å²) in [5, 5.41) is 3.44. The molecule has 2 rings (SSSR count). The first-order valence-electron chi connectivity index (χ1n) is 7.28. The third kappa shape index (κ3) is 4.94. The zero-order chi connectivity index (χ0) is 11.9. The normalized spacial score (nSPS) is 27.0. The van der Waals surface area contributed by atoms with E-state index in [9.17, 15) is 0 Å². The van der Waals surface area contributed by atoms with Gasteiger partial charge in [0.25, 0.3) is 0 Å². The second-order valence-corrected chi connectivity index (χ2v) is 5.56. The zero-order valence-electron chi connectivity index (χ0n) is 11.1. The minimum absolute atomic E-state index is 0.330.